The molecule has 0 fully saturated rings. The third kappa shape index (κ3) is 3.59. The molecule has 2 N–H and O–H groups in total. The molecular weight excluding hydrogens is 174 g/mol. The maximum Gasteiger partial charge on any atom is 0.336 e. The zero-order valence-electron chi connectivity index (χ0n) is 7.92. The summed E-state index contributed by atoms with van der Waals surface area (Å²) in [6.07, 6.45) is -0.161. The van der Waals surface area contributed by atoms with E-state index in [9.17, 15) is 9.59 Å². The second-order valence-electron chi connectivity index (χ2n) is 2.41. The van der Waals surface area contributed by atoms with Gasteiger partial charge in [-0.3, -0.25) is 4.79 Å². The Morgan fingerprint density at radius 2 is 1.77 bits per heavy atom. The molecule has 5 nitrogen and oxygen atoms in total. The lowest BCUT2D eigenvalue weighted by Gasteiger charge is -2.05. The van der Waals surface area contributed by atoms with Gasteiger partial charge in [0, 0.05) is 5.70 Å². The molecule has 0 unspecified atom stereocenters. The number of nitrogens with two attached hydrogens (primary N) is 1. The van der Waals surface area contributed by atoms with Crippen LogP contribution in [0.1, 0.15) is 13.3 Å². The Bertz CT molecular complexity index is 241. The number of rotatable bonds is 3. The molecule has 0 aliphatic carbocycles. The normalized spacial score (nSPS) is 11.6. The standard InChI is InChI=1S/C8H13NO4/c1-5(9)6(8(11)13-3)4-7(10)12-2/h4,9H2,1-3H3/b6-5+. The number of hydrogen-bond acceptors (Lipinski definition) is 5. The van der Waals surface area contributed by atoms with Crippen LogP contribution in [0.25, 0.3) is 0 Å². The van der Waals surface area contributed by atoms with Crippen molar-refractivity contribution in [3.63, 3.8) is 0 Å². The zero-order chi connectivity index (χ0) is 10.4. The van der Waals surface area contributed by atoms with Crippen LogP contribution in [0.5, 0.6) is 0 Å². The summed E-state index contributed by atoms with van der Waals surface area (Å²) in [6, 6.07) is 0. The maximum atomic E-state index is 11.0. The van der Waals surface area contributed by atoms with Gasteiger partial charge >= 0.3 is 11.9 Å². The lowest BCUT2D eigenvalue weighted by atomic mass is 10.1. The SMILES string of the molecule is COC(=O)C/C(C(=O)OC)=C(/C)N. The van der Waals surface area contributed by atoms with Gasteiger partial charge < -0.3 is 15.2 Å². The van der Waals surface area contributed by atoms with Crippen LogP contribution in [0.3, 0.4) is 0 Å². The Hall–Kier alpha value is -1.52. The van der Waals surface area contributed by atoms with Crippen molar-refractivity contribution in [1.29, 1.82) is 0 Å². The lowest BCUT2D eigenvalue weighted by molar-refractivity contribution is -0.143. The molecule has 0 heterocycles. The van der Waals surface area contributed by atoms with Crippen molar-refractivity contribution in [3.05, 3.63) is 11.3 Å². The first kappa shape index (κ1) is 11.5. The Morgan fingerprint density at radius 3 is 2.08 bits per heavy atom. The molecule has 0 aromatic rings. The highest BCUT2D eigenvalue weighted by Crippen LogP contribution is 2.07. The first-order valence-electron chi connectivity index (χ1n) is 3.63. The Labute approximate surface area is 76.5 Å². The highest BCUT2D eigenvalue weighted by atomic mass is 16.5. The quantitative estimate of drug-likeness (QED) is 0.495. The summed E-state index contributed by atoms with van der Waals surface area (Å²) in [4.78, 5) is 21.9. The molecule has 13 heavy (non-hydrogen) atoms. The van der Waals surface area contributed by atoms with E-state index < -0.39 is 11.9 Å². The van der Waals surface area contributed by atoms with Crippen LogP contribution in [-0.4, -0.2) is 26.2 Å². The number of hydrogen-bond donors (Lipinski definition) is 1. The van der Waals surface area contributed by atoms with Gasteiger partial charge in [0.15, 0.2) is 0 Å². The number of carbonyl (C=O) groups is 2. The van der Waals surface area contributed by atoms with Gasteiger partial charge in [0.2, 0.25) is 0 Å². The smallest absolute Gasteiger partial charge is 0.336 e. The van der Waals surface area contributed by atoms with Crippen molar-refractivity contribution in [2.75, 3.05) is 14.2 Å². The van der Waals surface area contributed by atoms with Crippen LogP contribution in [-0.2, 0) is 19.1 Å². The minimum Gasteiger partial charge on any atom is -0.469 e. The molecular formula is C8H13NO4. The summed E-state index contributed by atoms with van der Waals surface area (Å²) in [6.45, 7) is 1.52. The molecule has 0 aromatic carbocycles. The van der Waals surface area contributed by atoms with Crippen molar-refractivity contribution in [1.82, 2.24) is 0 Å². The van der Waals surface area contributed by atoms with Crippen LogP contribution in [0, 0.1) is 0 Å². The van der Waals surface area contributed by atoms with E-state index in [1.807, 2.05) is 0 Å². The highest BCUT2D eigenvalue weighted by molar-refractivity contribution is 5.94. The minimum absolute atomic E-state index is 0.134. The van der Waals surface area contributed by atoms with Crippen molar-refractivity contribution < 1.29 is 19.1 Å². The minimum atomic E-state index is -0.606. The van der Waals surface area contributed by atoms with E-state index in [1.54, 1.807) is 0 Å². The van der Waals surface area contributed by atoms with Gasteiger partial charge in [0.1, 0.15) is 0 Å². The molecule has 5 heteroatoms. The summed E-state index contributed by atoms with van der Waals surface area (Å²) in [7, 11) is 2.46. The molecule has 0 aliphatic heterocycles. The molecule has 0 amide bonds. The van der Waals surface area contributed by atoms with Crippen LogP contribution in [0.4, 0.5) is 0 Å². The summed E-state index contributed by atoms with van der Waals surface area (Å²) in [5, 5.41) is 0. The molecule has 0 aliphatic rings. The summed E-state index contributed by atoms with van der Waals surface area (Å²) >= 11 is 0. The van der Waals surface area contributed by atoms with E-state index in [0.29, 0.717) is 0 Å². The zero-order valence-corrected chi connectivity index (χ0v) is 7.92. The van der Waals surface area contributed by atoms with Gasteiger partial charge in [-0.25, -0.2) is 4.79 Å². The largest absolute Gasteiger partial charge is 0.469 e. The van der Waals surface area contributed by atoms with Gasteiger partial charge in [-0.2, -0.15) is 0 Å². The Balaban J connectivity index is 4.57. The van der Waals surface area contributed by atoms with E-state index in [2.05, 4.69) is 9.47 Å². The molecule has 0 bridgehead atoms. The molecule has 0 radical (unpaired) electrons. The molecule has 0 rings (SSSR count). The van der Waals surface area contributed by atoms with Crippen LogP contribution >= 0.6 is 0 Å². The first-order chi connectivity index (χ1) is 6.02. The van der Waals surface area contributed by atoms with Crippen molar-refractivity contribution in [3.8, 4) is 0 Å². The molecule has 0 saturated carbocycles. The van der Waals surface area contributed by atoms with Crippen molar-refractivity contribution >= 4 is 11.9 Å². The lowest BCUT2D eigenvalue weighted by Crippen LogP contribution is -2.15. The number of allylic oxidation sites excluding steroid dienone is 1. The van der Waals surface area contributed by atoms with Gasteiger partial charge in [0.05, 0.1) is 26.2 Å². The molecule has 0 atom stereocenters. The van der Waals surface area contributed by atoms with Crippen molar-refractivity contribution in [2.45, 2.75) is 13.3 Å². The average molecular weight is 187 g/mol. The van der Waals surface area contributed by atoms with Gasteiger partial charge in [0.25, 0.3) is 0 Å². The van der Waals surface area contributed by atoms with Gasteiger partial charge in [-0.05, 0) is 6.92 Å². The molecule has 0 spiro atoms. The topological polar surface area (TPSA) is 78.6 Å². The predicted molar refractivity (Wildman–Crippen MR) is 45.5 cm³/mol. The number of ether oxygens (including phenoxy) is 2. The van der Waals surface area contributed by atoms with E-state index in [1.165, 1.54) is 21.1 Å². The summed E-state index contributed by atoms with van der Waals surface area (Å²) < 4.78 is 8.82. The predicted octanol–water partition coefficient (Wildman–Crippen LogP) is -0.0448. The second kappa shape index (κ2) is 5.18. The van der Waals surface area contributed by atoms with E-state index in [4.69, 9.17) is 5.73 Å². The van der Waals surface area contributed by atoms with E-state index in [0.717, 1.165) is 0 Å². The summed E-state index contributed by atoms with van der Waals surface area (Å²) in [5.41, 5.74) is 5.78. The monoisotopic (exact) mass is 187 g/mol. The fraction of sp³-hybridized carbons (Fsp3) is 0.500. The Morgan fingerprint density at radius 1 is 1.23 bits per heavy atom. The maximum absolute atomic E-state index is 11.0. The van der Waals surface area contributed by atoms with Crippen molar-refractivity contribution in [2.24, 2.45) is 5.73 Å². The highest BCUT2D eigenvalue weighted by Gasteiger charge is 2.16. The molecule has 0 saturated heterocycles. The molecule has 0 aromatic heterocycles. The third-order valence-electron chi connectivity index (χ3n) is 1.46. The summed E-state index contributed by atoms with van der Waals surface area (Å²) in [5.74, 6) is -1.13. The van der Waals surface area contributed by atoms with Crippen LogP contribution in [0.15, 0.2) is 11.3 Å². The van der Waals surface area contributed by atoms with Gasteiger partial charge in [-0.1, -0.05) is 0 Å². The van der Waals surface area contributed by atoms with Gasteiger partial charge in [-0.15, -0.1) is 0 Å². The average Bonchev–Trinajstić information content (AvgIpc) is 2.11. The number of carbonyl (C=O) groups excluding carboxylic acids is 2. The van der Waals surface area contributed by atoms with Crippen LogP contribution in [0.2, 0.25) is 0 Å². The second-order valence-corrected chi connectivity index (χ2v) is 2.41. The number of methoxy groups -OCH3 is 2. The number of esters is 2. The van der Waals surface area contributed by atoms with E-state index >= 15 is 0 Å². The Kier molecular flexibility index (Phi) is 4.58. The fourth-order valence-corrected chi connectivity index (χ4v) is 0.712. The molecule has 74 valence electrons. The van der Waals surface area contributed by atoms with E-state index in [-0.39, 0.29) is 17.7 Å². The first-order valence-corrected chi connectivity index (χ1v) is 3.63. The third-order valence-corrected chi connectivity index (χ3v) is 1.46. The van der Waals surface area contributed by atoms with Crippen LogP contribution < -0.4 is 5.73 Å². The fourth-order valence-electron chi connectivity index (χ4n) is 0.712.